The summed E-state index contributed by atoms with van der Waals surface area (Å²) in [5, 5.41) is 0.573. The van der Waals surface area contributed by atoms with Crippen LogP contribution in [0.4, 0.5) is 5.82 Å². The number of nitrogens with two attached hydrogens (primary N) is 1. The van der Waals surface area contributed by atoms with Crippen LogP contribution in [0.15, 0.2) is 46.7 Å². The lowest BCUT2D eigenvalue weighted by atomic mass is 10.1. The number of nitrogen functional groups attached to an aromatic ring is 1. The van der Waals surface area contributed by atoms with E-state index in [2.05, 4.69) is 15.0 Å². The molecule has 30 heavy (non-hydrogen) atoms. The van der Waals surface area contributed by atoms with E-state index in [9.17, 15) is 9.79 Å². The molecule has 11 nitrogen and oxygen atoms in total. The van der Waals surface area contributed by atoms with Gasteiger partial charge in [0.05, 0.1) is 0 Å². The summed E-state index contributed by atoms with van der Waals surface area (Å²) < 4.78 is 24.0. The fourth-order valence-corrected chi connectivity index (χ4v) is 5.49. The van der Waals surface area contributed by atoms with Gasteiger partial charge in [-0.3, -0.25) is 4.57 Å². The maximum atomic E-state index is 9.86. The first kappa shape index (κ1) is 20.0. The first-order valence-electron chi connectivity index (χ1n) is 9.04. The highest BCUT2D eigenvalue weighted by molar-refractivity contribution is 7.99. The minimum absolute atomic E-state index is 0.0350. The molecule has 0 amide bonds. The van der Waals surface area contributed by atoms with Gasteiger partial charge in [0, 0.05) is 12.0 Å². The lowest BCUT2D eigenvalue weighted by Crippen LogP contribution is -2.41. The van der Waals surface area contributed by atoms with Gasteiger partial charge in [0.25, 0.3) is 0 Å². The van der Waals surface area contributed by atoms with Crippen LogP contribution in [0.2, 0.25) is 0 Å². The van der Waals surface area contributed by atoms with Gasteiger partial charge in [0.1, 0.15) is 25.1 Å². The zero-order valence-electron chi connectivity index (χ0n) is 15.7. The molecule has 2 fully saturated rings. The Labute approximate surface area is 175 Å². The quantitative estimate of drug-likeness (QED) is 0.495. The number of methoxy groups -OCH3 is 1. The number of aromatic nitrogens is 4. The Morgan fingerprint density at radius 1 is 1.27 bits per heavy atom. The molecule has 13 heteroatoms. The number of benzene rings is 1. The van der Waals surface area contributed by atoms with E-state index in [1.165, 1.54) is 25.2 Å². The van der Waals surface area contributed by atoms with Crippen molar-refractivity contribution in [1.82, 2.24) is 19.5 Å². The highest BCUT2D eigenvalue weighted by atomic mass is 32.2. The summed E-state index contributed by atoms with van der Waals surface area (Å²) in [7, 11) is -2.42. The number of hydrogen-bond donors (Lipinski definition) is 3. The predicted molar refractivity (Wildman–Crippen MR) is 107 cm³/mol. The summed E-state index contributed by atoms with van der Waals surface area (Å²) in [6.45, 7) is -0.0350. The van der Waals surface area contributed by atoms with Gasteiger partial charge < -0.3 is 15.2 Å². The number of nitrogens with zero attached hydrogens (tertiary/aromatic N) is 4. The SMILES string of the molecule is COC1C2O[P+](O)(O)OC[C@H]2OC1n1c(Sc2ccccc2)nc2c(N)ncnc21. The Morgan fingerprint density at radius 3 is 2.83 bits per heavy atom. The standard InChI is InChI=1S/C17H19N5O6PS/c1-25-13-12-10(7-26-29(23,24)28-12)27-16(13)22-15-11(14(18)19-8-20-15)21-17(22)30-9-5-3-2-4-6-9/h2-6,8,10,12-13,16,23-24H,7H2,1H3,(H2,18,19,20)/q+1/t10-,12?,13?,16?/m1/s1. The molecule has 0 radical (unpaired) electrons. The van der Waals surface area contributed by atoms with Crippen molar-refractivity contribution in [2.75, 3.05) is 19.5 Å². The fraction of sp³-hybridized carbons (Fsp3) is 0.353. The Morgan fingerprint density at radius 2 is 2.07 bits per heavy atom. The molecule has 3 unspecified atom stereocenters. The number of rotatable bonds is 4. The summed E-state index contributed by atoms with van der Waals surface area (Å²) in [5.74, 6) is 0.244. The van der Waals surface area contributed by atoms with Crippen LogP contribution in [0.3, 0.4) is 0 Å². The van der Waals surface area contributed by atoms with Gasteiger partial charge in [-0.25, -0.2) is 15.0 Å². The van der Waals surface area contributed by atoms with E-state index < -0.39 is 32.7 Å². The van der Waals surface area contributed by atoms with Crippen molar-refractivity contribution in [3.05, 3.63) is 36.7 Å². The molecule has 0 saturated carbocycles. The second kappa shape index (κ2) is 7.66. The van der Waals surface area contributed by atoms with E-state index in [1.54, 1.807) is 4.57 Å². The Hall–Kier alpha value is -1.89. The Kier molecular flexibility index (Phi) is 5.12. The molecule has 4 atom stereocenters. The maximum absolute atomic E-state index is 9.86. The van der Waals surface area contributed by atoms with Gasteiger partial charge in [-0.15, -0.1) is 4.52 Å². The van der Waals surface area contributed by atoms with Gasteiger partial charge in [-0.05, 0) is 12.1 Å². The van der Waals surface area contributed by atoms with Crippen LogP contribution >= 0.6 is 19.9 Å². The molecule has 5 rings (SSSR count). The van der Waals surface area contributed by atoms with E-state index in [0.717, 1.165) is 4.90 Å². The second-order valence-corrected chi connectivity index (χ2v) is 9.22. The molecule has 158 valence electrons. The normalized spacial score (nSPS) is 28.0. The topological polar surface area (TPSA) is 147 Å². The lowest BCUT2D eigenvalue weighted by Gasteiger charge is -2.26. The largest absolute Gasteiger partial charge is 0.570 e. The number of anilines is 1. The van der Waals surface area contributed by atoms with Gasteiger partial charge in [0.2, 0.25) is 0 Å². The Balaban J connectivity index is 1.60. The van der Waals surface area contributed by atoms with Gasteiger partial charge in [0.15, 0.2) is 34.5 Å². The molecule has 4 heterocycles. The average molecular weight is 452 g/mol. The molecule has 4 N–H and O–H groups in total. The van der Waals surface area contributed by atoms with E-state index in [0.29, 0.717) is 16.3 Å². The third-order valence-corrected chi connectivity index (χ3v) is 6.89. The molecular formula is C17H19N5O6PS+. The van der Waals surface area contributed by atoms with Crippen LogP contribution in [0.5, 0.6) is 0 Å². The van der Waals surface area contributed by atoms with Gasteiger partial charge >= 0.3 is 8.17 Å². The van der Waals surface area contributed by atoms with Crippen LogP contribution in [-0.2, 0) is 18.5 Å². The molecular weight excluding hydrogens is 433 g/mol. The highest BCUT2D eigenvalue weighted by Gasteiger charge is 2.60. The summed E-state index contributed by atoms with van der Waals surface area (Å²) >= 11 is 1.41. The molecule has 2 aromatic heterocycles. The first-order valence-corrected chi connectivity index (χ1v) is 11.4. The van der Waals surface area contributed by atoms with Crippen LogP contribution in [-0.4, -0.2) is 61.3 Å². The van der Waals surface area contributed by atoms with Gasteiger partial charge in [-0.2, -0.15) is 14.3 Å². The number of hydrogen-bond acceptors (Lipinski definition) is 11. The molecule has 1 aromatic carbocycles. The van der Waals surface area contributed by atoms with Crippen molar-refractivity contribution in [3.63, 3.8) is 0 Å². The van der Waals surface area contributed by atoms with Crippen LogP contribution < -0.4 is 5.73 Å². The maximum Gasteiger partial charge on any atom is 0.570 e. The second-order valence-electron chi connectivity index (χ2n) is 6.73. The molecule has 3 aromatic rings. The third kappa shape index (κ3) is 3.45. The Bertz CT molecular complexity index is 1070. The zero-order chi connectivity index (χ0) is 20.9. The van der Waals surface area contributed by atoms with Crippen LogP contribution in [0, 0.1) is 0 Å². The van der Waals surface area contributed by atoms with E-state index in [4.69, 9.17) is 24.3 Å². The van der Waals surface area contributed by atoms with Crippen molar-refractivity contribution < 1.29 is 28.3 Å². The van der Waals surface area contributed by atoms with E-state index in [-0.39, 0.29) is 12.4 Å². The first-order chi connectivity index (χ1) is 14.5. The van der Waals surface area contributed by atoms with Crippen molar-refractivity contribution >= 4 is 36.9 Å². The van der Waals surface area contributed by atoms with Crippen molar-refractivity contribution in [1.29, 1.82) is 0 Å². The number of fused-ring (bicyclic) bond motifs is 2. The number of ether oxygens (including phenoxy) is 2. The molecule has 0 bridgehead atoms. The zero-order valence-corrected chi connectivity index (χ0v) is 17.4. The van der Waals surface area contributed by atoms with Gasteiger partial charge in [-0.1, -0.05) is 30.0 Å². The summed E-state index contributed by atoms with van der Waals surface area (Å²) in [4.78, 5) is 33.7. The van der Waals surface area contributed by atoms with Crippen LogP contribution in [0.25, 0.3) is 11.2 Å². The highest BCUT2D eigenvalue weighted by Crippen LogP contribution is 2.59. The summed E-state index contributed by atoms with van der Waals surface area (Å²) in [6, 6.07) is 9.70. The van der Waals surface area contributed by atoms with Crippen molar-refractivity contribution in [3.8, 4) is 0 Å². The summed E-state index contributed by atoms with van der Waals surface area (Å²) in [6.07, 6.45) is -1.31. The third-order valence-electron chi connectivity index (χ3n) is 4.90. The minimum atomic E-state index is -3.92. The number of imidazole rings is 1. The van der Waals surface area contributed by atoms with Crippen molar-refractivity contribution in [2.24, 2.45) is 0 Å². The van der Waals surface area contributed by atoms with Crippen LogP contribution in [0.1, 0.15) is 6.23 Å². The smallest absolute Gasteiger partial charge is 0.382 e. The average Bonchev–Trinajstić information content (AvgIpc) is 3.25. The summed E-state index contributed by atoms with van der Waals surface area (Å²) in [5.41, 5.74) is 6.95. The lowest BCUT2D eigenvalue weighted by molar-refractivity contribution is -0.0763. The predicted octanol–water partition coefficient (Wildman–Crippen LogP) is 1.55. The van der Waals surface area contributed by atoms with E-state index in [1.807, 2.05) is 30.3 Å². The monoisotopic (exact) mass is 452 g/mol. The molecule has 0 spiro atoms. The van der Waals surface area contributed by atoms with Crippen molar-refractivity contribution in [2.45, 2.75) is 34.6 Å². The minimum Gasteiger partial charge on any atom is -0.382 e. The molecule has 2 aliphatic heterocycles. The van der Waals surface area contributed by atoms with E-state index >= 15 is 0 Å². The fourth-order valence-electron chi connectivity index (χ4n) is 3.59. The molecule has 0 aliphatic carbocycles. The molecule has 2 saturated heterocycles. The molecule has 2 aliphatic rings.